The largest absolute Gasteiger partial charge is 0.326 e. The monoisotopic (exact) mass is 341 g/mol. The first-order chi connectivity index (χ1) is 11.2. The number of hydrogen-bond acceptors (Lipinski definition) is 5. The Morgan fingerprint density at radius 1 is 1.30 bits per heavy atom. The number of pyridine rings is 1. The first kappa shape index (κ1) is 15.7. The summed E-state index contributed by atoms with van der Waals surface area (Å²) in [4.78, 5) is 21.9. The average Bonchev–Trinajstić information content (AvgIpc) is 3.04. The van der Waals surface area contributed by atoms with Gasteiger partial charge >= 0.3 is 0 Å². The molecule has 1 N–H and O–H groups in total. The van der Waals surface area contributed by atoms with E-state index >= 15 is 0 Å². The van der Waals surface area contributed by atoms with E-state index in [1.807, 2.05) is 48.0 Å². The van der Waals surface area contributed by atoms with Crippen LogP contribution in [-0.4, -0.2) is 22.1 Å². The van der Waals surface area contributed by atoms with Crippen LogP contribution in [0.5, 0.6) is 0 Å². The number of nitrogens with zero attached hydrogens (tertiary/aromatic N) is 2. The first-order valence-corrected chi connectivity index (χ1v) is 9.14. The number of hydrogen-bond donors (Lipinski definition) is 1. The minimum atomic E-state index is -0.0636. The van der Waals surface area contributed by atoms with Crippen molar-refractivity contribution in [2.24, 2.45) is 0 Å². The van der Waals surface area contributed by atoms with Crippen molar-refractivity contribution in [1.29, 1.82) is 0 Å². The maximum Gasteiger partial charge on any atom is 0.230 e. The summed E-state index contributed by atoms with van der Waals surface area (Å²) in [6, 6.07) is 11.6. The molecule has 116 valence electrons. The normalized spacial score (nSPS) is 10.5. The fourth-order valence-electron chi connectivity index (χ4n) is 2.08. The van der Waals surface area contributed by atoms with Gasteiger partial charge in [-0.15, -0.1) is 23.1 Å². The van der Waals surface area contributed by atoms with Gasteiger partial charge in [0.1, 0.15) is 5.01 Å². The molecule has 0 spiro atoms. The molecule has 1 amide bonds. The number of benzene rings is 1. The van der Waals surface area contributed by atoms with Gasteiger partial charge in [-0.2, -0.15) is 0 Å². The van der Waals surface area contributed by atoms with Crippen LogP contribution in [0.4, 0.5) is 5.69 Å². The molecule has 0 aliphatic carbocycles. The van der Waals surface area contributed by atoms with Crippen molar-refractivity contribution in [3.8, 4) is 10.6 Å². The number of amides is 1. The summed E-state index contributed by atoms with van der Waals surface area (Å²) in [7, 11) is 0. The van der Waals surface area contributed by atoms with Crippen LogP contribution in [0.25, 0.3) is 10.6 Å². The third-order valence-corrected chi connectivity index (χ3v) is 4.82. The minimum Gasteiger partial charge on any atom is -0.326 e. The van der Waals surface area contributed by atoms with Crippen LogP contribution < -0.4 is 5.32 Å². The van der Waals surface area contributed by atoms with E-state index in [4.69, 9.17) is 0 Å². The Morgan fingerprint density at radius 3 is 3.00 bits per heavy atom. The van der Waals surface area contributed by atoms with Crippen molar-refractivity contribution >= 4 is 34.7 Å². The highest BCUT2D eigenvalue weighted by Gasteiger charge is 2.09. The number of anilines is 1. The van der Waals surface area contributed by atoms with Crippen LogP contribution in [0.1, 0.15) is 5.69 Å². The zero-order valence-electron chi connectivity index (χ0n) is 12.5. The van der Waals surface area contributed by atoms with E-state index < -0.39 is 0 Å². The number of thiazole rings is 1. The van der Waals surface area contributed by atoms with Crippen LogP contribution in [0.15, 0.2) is 59.1 Å². The molecule has 0 radical (unpaired) electrons. The summed E-state index contributed by atoms with van der Waals surface area (Å²) >= 11 is 3.17. The smallest absolute Gasteiger partial charge is 0.230 e. The van der Waals surface area contributed by atoms with Gasteiger partial charge in [-0.1, -0.05) is 6.07 Å². The van der Waals surface area contributed by atoms with Gasteiger partial charge < -0.3 is 5.32 Å². The second-order valence-corrected chi connectivity index (χ2v) is 6.58. The lowest BCUT2D eigenvalue weighted by atomic mass is 10.2. The Labute approximate surface area is 143 Å². The van der Waals surface area contributed by atoms with Crippen LogP contribution >= 0.6 is 23.1 Å². The van der Waals surface area contributed by atoms with E-state index in [-0.39, 0.29) is 12.3 Å². The maximum absolute atomic E-state index is 12.2. The Balaban J connectivity index is 1.65. The van der Waals surface area contributed by atoms with Crippen LogP contribution in [0, 0.1) is 0 Å². The van der Waals surface area contributed by atoms with Crippen LogP contribution in [-0.2, 0) is 11.2 Å². The van der Waals surface area contributed by atoms with E-state index in [0.29, 0.717) is 0 Å². The third-order valence-electron chi connectivity index (χ3n) is 3.16. The van der Waals surface area contributed by atoms with Crippen LogP contribution in [0.3, 0.4) is 0 Å². The zero-order chi connectivity index (χ0) is 16.1. The van der Waals surface area contributed by atoms with Gasteiger partial charge in [-0.05, 0) is 36.6 Å². The quantitative estimate of drug-likeness (QED) is 0.710. The predicted octanol–water partition coefficient (Wildman–Crippen LogP) is 4.11. The second kappa shape index (κ2) is 7.39. The highest BCUT2D eigenvalue weighted by Crippen LogP contribution is 2.23. The van der Waals surface area contributed by atoms with Crippen molar-refractivity contribution in [3.05, 3.63) is 59.9 Å². The van der Waals surface area contributed by atoms with Gasteiger partial charge in [0.15, 0.2) is 0 Å². The Kier molecular flexibility index (Phi) is 5.05. The molecule has 2 heterocycles. The van der Waals surface area contributed by atoms with Gasteiger partial charge in [0.2, 0.25) is 5.91 Å². The van der Waals surface area contributed by atoms with E-state index in [1.165, 1.54) is 11.3 Å². The molecule has 3 aromatic rings. The fraction of sp³-hybridized carbons (Fsp3) is 0.118. The predicted molar refractivity (Wildman–Crippen MR) is 95.9 cm³/mol. The first-order valence-electron chi connectivity index (χ1n) is 7.03. The summed E-state index contributed by atoms with van der Waals surface area (Å²) in [5.41, 5.74) is 2.55. The Morgan fingerprint density at radius 2 is 2.22 bits per heavy atom. The number of nitrogens with one attached hydrogen (secondary N) is 1. The van der Waals surface area contributed by atoms with Crippen molar-refractivity contribution < 1.29 is 4.79 Å². The van der Waals surface area contributed by atoms with Gasteiger partial charge in [-0.25, -0.2) is 4.98 Å². The minimum absolute atomic E-state index is 0.0636. The molecule has 0 bridgehead atoms. The number of thioether (sulfide) groups is 1. The van der Waals surface area contributed by atoms with E-state index in [0.717, 1.165) is 26.8 Å². The number of carbonyl (C=O) groups is 1. The Bertz CT molecular complexity index is 802. The van der Waals surface area contributed by atoms with Gasteiger partial charge in [0.25, 0.3) is 0 Å². The molecule has 0 fully saturated rings. The maximum atomic E-state index is 12.2. The van der Waals surface area contributed by atoms with Gasteiger partial charge in [0, 0.05) is 33.9 Å². The summed E-state index contributed by atoms with van der Waals surface area (Å²) in [6.45, 7) is 0. The highest BCUT2D eigenvalue weighted by atomic mass is 32.2. The number of carbonyl (C=O) groups excluding carboxylic acids is 1. The van der Waals surface area contributed by atoms with Gasteiger partial charge in [-0.3, -0.25) is 9.78 Å². The molecule has 0 saturated heterocycles. The molecular weight excluding hydrogens is 326 g/mol. The van der Waals surface area contributed by atoms with Crippen molar-refractivity contribution in [2.75, 3.05) is 11.6 Å². The van der Waals surface area contributed by atoms with E-state index in [9.17, 15) is 4.79 Å². The van der Waals surface area contributed by atoms with E-state index in [1.54, 1.807) is 24.2 Å². The second-order valence-electron chi connectivity index (χ2n) is 4.84. The zero-order valence-corrected chi connectivity index (χ0v) is 14.2. The summed E-state index contributed by atoms with van der Waals surface area (Å²) < 4.78 is 0. The summed E-state index contributed by atoms with van der Waals surface area (Å²) in [5.74, 6) is -0.0636. The molecule has 0 aliphatic rings. The van der Waals surface area contributed by atoms with E-state index in [2.05, 4.69) is 15.3 Å². The molecule has 0 atom stereocenters. The highest BCUT2D eigenvalue weighted by molar-refractivity contribution is 7.98. The molecule has 2 aromatic heterocycles. The molecule has 23 heavy (non-hydrogen) atoms. The fourth-order valence-corrected chi connectivity index (χ4v) is 3.35. The summed E-state index contributed by atoms with van der Waals surface area (Å²) in [5, 5.41) is 5.71. The lowest BCUT2D eigenvalue weighted by molar-refractivity contribution is -0.115. The Hall–Kier alpha value is -2.18. The lowest BCUT2D eigenvalue weighted by Crippen LogP contribution is -2.14. The standard InChI is InChI=1S/C17H15N3OS2/c1-22-15-6-2-5-13(8-15)19-16(21)9-14-11-23-17(20-14)12-4-3-7-18-10-12/h2-8,10-11H,9H2,1H3,(H,19,21). The third kappa shape index (κ3) is 4.18. The number of rotatable bonds is 5. The average molecular weight is 341 g/mol. The van der Waals surface area contributed by atoms with Crippen LogP contribution in [0.2, 0.25) is 0 Å². The topological polar surface area (TPSA) is 54.9 Å². The molecule has 4 nitrogen and oxygen atoms in total. The lowest BCUT2D eigenvalue weighted by Gasteiger charge is -2.05. The molecule has 0 saturated carbocycles. The SMILES string of the molecule is CSc1cccc(NC(=O)Cc2csc(-c3cccnc3)n2)c1. The summed E-state index contributed by atoms with van der Waals surface area (Å²) in [6.07, 6.45) is 5.78. The molecule has 6 heteroatoms. The molecular formula is C17H15N3OS2. The van der Waals surface area contributed by atoms with Crippen molar-refractivity contribution in [2.45, 2.75) is 11.3 Å². The molecule has 1 aromatic carbocycles. The number of aromatic nitrogens is 2. The molecule has 0 aliphatic heterocycles. The molecule has 3 rings (SSSR count). The van der Waals surface area contributed by atoms with Crippen molar-refractivity contribution in [1.82, 2.24) is 9.97 Å². The van der Waals surface area contributed by atoms with Gasteiger partial charge in [0.05, 0.1) is 12.1 Å². The molecule has 0 unspecified atom stereocenters. The van der Waals surface area contributed by atoms with Crippen molar-refractivity contribution in [3.63, 3.8) is 0 Å².